The molecule has 0 atom stereocenters. The number of likely N-dealkylation sites (tertiary alicyclic amines) is 2. The highest BCUT2D eigenvalue weighted by molar-refractivity contribution is 5.92. The fourth-order valence-corrected chi connectivity index (χ4v) is 4.19. The second kappa shape index (κ2) is 7.00. The van der Waals surface area contributed by atoms with Gasteiger partial charge in [0.05, 0.1) is 0 Å². The molecule has 0 saturated carbocycles. The molecule has 6 nitrogen and oxygen atoms in total. The number of aromatic nitrogens is 2. The highest BCUT2D eigenvalue weighted by Gasteiger charge is 2.45. The molecule has 2 saturated heterocycles. The topological polar surface area (TPSA) is 69.3 Å². The van der Waals surface area contributed by atoms with Gasteiger partial charge in [-0.25, -0.2) is 8.78 Å². The zero-order chi connectivity index (χ0) is 19.9. The molecule has 28 heavy (non-hydrogen) atoms. The number of benzene rings is 1. The minimum Gasteiger partial charge on any atom is -0.338 e. The van der Waals surface area contributed by atoms with Gasteiger partial charge in [0.25, 0.3) is 5.91 Å². The maximum Gasteiger partial charge on any atom is 0.274 e. The Hall–Kier alpha value is -2.77. The number of hydrogen-bond donors (Lipinski definition) is 1. The van der Waals surface area contributed by atoms with E-state index in [1.54, 1.807) is 15.9 Å². The molecular formula is C20H22F2N4O2. The van der Waals surface area contributed by atoms with Crippen LogP contribution >= 0.6 is 0 Å². The molecule has 0 aliphatic carbocycles. The van der Waals surface area contributed by atoms with Crippen LogP contribution in [0.2, 0.25) is 0 Å². The number of piperidine rings is 1. The fraction of sp³-hybridized carbons (Fsp3) is 0.450. The van der Waals surface area contributed by atoms with E-state index in [4.69, 9.17) is 0 Å². The van der Waals surface area contributed by atoms with Gasteiger partial charge in [0.15, 0.2) is 11.6 Å². The van der Waals surface area contributed by atoms with Gasteiger partial charge in [-0.15, -0.1) is 0 Å². The summed E-state index contributed by atoms with van der Waals surface area (Å²) < 4.78 is 26.5. The summed E-state index contributed by atoms with van der Waals surface area (Å²) in [5.41, 5.74) is 1.67. The molecule has 4 rings (SSSR count). The Bertz CT molecular complexity index is 919. The lowest BCUT2D eigenvalue weighted by Crippen LogP contribution is -2.44. The Kier molecular flexibility index (Phi) is 4.64. The largest absolute Gasteiger partial charge is 0.338 e. The van der Waals surface area contributed by atoms with Gasteiger partial charge in [-0.3, -0.25) is 14.7 Å². The van der Waals surface area contributed by atoms with Crippen molar-refractivity contribution in [3.8, 4) is 0 Å². The van der Waals surface area contributed by atoms with Crippen LogP contribution in [0.5, 0.6) is 0 Å². The van der Waals surface area contributed by atoms with Crippen molar-refractivity contribution in [3.05, 3.63) is 52.9 Å². The third-order valence-corrected chi connectivity index (χ3v) is 5.80. The number of nitrogens with one attached hydrogen (secondary N) is 1. The zero-order valence-corrected chi connectivity index (χ0v) is 15.7. The van der Waals surface area contributed by atoms with E-state index < -0.39 is 11.6 Å². The van der Waals surface area contributed by atoms with Crippen LogP contribution < -0.4 is 0 Å². The standard InChI is InChI=1S/C20H22F2N4O2/c1-13-8-17(24-23-13)19(28)25-6-4-20(5-7-25)10-18(27)26(12-20)11-14-2-3-15(21)16(22)9-14/h2-3,8-9H,4-7,10-12H2,1H3,(H,23,24). The number of aryl methyl sites for hydroxylation is 1. The highest BCUT2D eigenvalue weighted by atomic mass is 19.2. The van der Waals surface area contributed by atoms with Crippen molar-refractivity contribution in [3.63, 3.8) is 0 Å². The molecule has 1 aromatic carbocycles. The quantitative estimate of drug-likeness (QED) is 0.879. The number of carbonyl (C=O) groups excluding carboxylic acids is 2. The smallest absolute Gasteiger partial charge is 0.274 e. The lowest BCUT2D eigenvalue weighted by molar-refractivity contribution is -0.128. The summed E-state index contributed by atoms with van der Waals surface area (Å²) in [5, 5.41) is 6.81. The molecule has 2 aliphatic rings. The number of nitrogens with zero attached hydrogens (tertiary/aromatic N) is 3. The second-order valence-corrected chi connectivity index (χ2v) is 7.90. The van der Waals surface area contributed by atoms with Gasteiger partial charge in [0, 0.05) is 43.7 Å². The molecule has 8 heteroatoms. The zero-order valence-electron chi connectivity index (χ0n) is 15.7. The summed E-state index contributed by atoms with van der Waals surface area (Å²) in [6.45, 7) is 3.86. The average molecular weight is 388 g/mol. The summed E-state index contributed by atoms with van der Waals surface area (Å²) in [7, 11) is 0. The van der Waals surface area contributed by atoms with Crippen molar-refractivity contribution >= 4 is 11.8 Å². The number of amides is 2. The highest BCUT2D eigenvalue weighted by Crippen LogP contribution is 2.41. The van der Waals surface area contributed by atoms with Gasteiger partial charge in [-0.1, -0.05) is 6.07 Å². The Balaban J connectivity index is 1.38. The number of aromatic amines is 1. The molecule has 2 fully saturated rings. The predicted octanol–water partition coefficient (Wildman–Crippen LogP) is 2.65. The first-order valence-corrected chi connectivity index (χ1v) is 9.38. The van der Waals surface area contributed by atoms with Gasteiger partial charge < -0.3 is 9.80 Å². The Morgan fingerprint density at radius 1 is 1.21 bits per heavy atom. The van der Waals surface area contributed by atoms with Crippen LogP contribution in [0.1, 0.15) is 41.0 Å². The first-order chi connectivity index (χ1) is 13.3. The average Bonchev–Trinajstić information content (AvgIpc) is 3.22. The van der Waals surface area contributed by atoms with Crippen molar-refractivity contribution < 1.29 is 18.4 Å². The molecular weight excluding hydrogens is 366 g/mol. The Morgan fingerprint density at radius 3 is 2.61 bits per heavy atom. The predicted molar refractivity (Wildman–Crippen MR) is 97.3 cm³/mol. The number of halogens is 2. The Morgan fingerprint density at radius 2 is 1.96 bits per heavy atom. The number of H-pyrrole nitrogens is 1. The molecule has 2 aliphatic heterocycles. The summed E-state index contributed by atoms with van der Waals surface area (Å²) in [6, 6.07) is 5.46. The van der Waals surface area contributed by atoms with E-state index in [1.807, 2.05) is 6.92 Å². The van der Waals surface area contributed by atoms with Gasteiger partial charge >= 0.3 is 0 Å². The molecule has 1 spiro atoms. The first-order valence-electron chi connectivity index (χ1n) is 9.38. The van der Waals surface area contributed by atoms with E-state index in [1.165, 1.54) is 6.07 Å². The van der Waals surface area contributed by atoms with E-state index in [9.17, 15) is 18.4 Å². The molecule has 2 aromatic rings. The SMILES string of the molecule is Cc1cc(C(=O)N2CCC3(CC2)CC(=O)N(Cc2ccc(F)c(F)c2)C3)n[nH]1. The van der Waals surface area contributed by atoms with E-state index in [2.05, 4.69) is 10.2 Å². The minimum absolute atomic E-state index is 0.0208. The lowest BCUT2D eigenvalue weighted by atomic mass is 9.77. The third kappa shape index (κ3) is 3.50. The van der Waals surface area contributed by atoms with Crippen LogP contribution in [-0.2, 0) is 11.3 Å². The van der Waals surface area contributed by atoms with Gasteiger partial charge in [0.1, 0.15) is 5.69 Å². The number of hydrogen-bond acceptors (Lipinski definition) is 3. The van der Waals surface area contributed by atoms with Crippen molar-refractivity contribution in [2.75, 3.05) is 19.6 Å². The monoisotopic (exact) mass is 388 g/mol. The molecule has 0 bridgehead atoms. The van der Waals surface area contributed by atoms with Crippen molar-refractivity contribution in [2.24, 2.45) is 5.41 Å². The van der Waals surface area contributed by atoms with Crippen molar-refractivity contribution in [2.45, 2.75) is 32.7 Å². The summed E-state index contributed by atoms with van der Waals surface area (Å²) in [4.78, 5) is 28.5. The van der Waals surface area contributed by atoms with Crippen LogP contribution in [-0.4, -0.2) is 51.4 Å². The molecule has 2 amide bonds. The molecule has 148 valence electrons. The number of rotatable bonds is 3. The van der Waals surface area contributed by atoms with Crippen LogP contribution in [0.4, 0.5) is 8.78 Å². The lowest BCUT2D eigenvalue weighted by Gasteiger charge is -2.38. The maximum absolute atomic E-state index is 13.4. The summed E-state index contributed by atoms with van der Waals surface area (Å²) in [6.07, 6.45) is 1.91. The van der Waals surface area contributed by atoms with E-state index in [-0.39, 0.29) is 23.8 Å². The van der Waals surface area contributed by atoms with E-state index in [0.29, 0.717) is 37.3 Å². The molecule has 0 unspecified atom stereocenters. The van der Waals surface area contributed by atoms with Gasteiger partial charge in [-0.05, 0) is 43.5 Å². The van der Waals surface area contributed by atoms with Crippen LogP contribution in [0, 0.1) is 24.0 Å². The van der Waals surface area contributed by atoms with E-state index in [0.717, 1.165) is 30.7 Å². The maximum atomic E-state index is 13.4. The summed E-state index contributed by atoms with van der Waals surface area (Å²) >= 11 is 0. The molecule has 0 radical (unpaired) electrons. The van der Waals surface area contributed by atoms with Crippen molar-refractivity contribution in [1.82, 2.24) is 20.0 Å². The summed E-state index contributed by atoms with van der Waals surface area (Å²) in [5.74, 6) is -1.87. The third-order valence-electron chi connectivity index (χ3n) is 5.80. The van der Waals surface area contributed by atoms with Gasteiger partial charge in [0.2, 0.25) is 5.91 Å². The van der Waals surface area contributed by atoms with Crippen LogP contribution in [0.3, 0.4) is 0 Å². The molecule has 1 N–H and O–H groups in total. The fourth-order valence-electron chi connectivity index (χ4n) is 4.19. The first kappa shape index (κ1) is 18.6. The van der Waals surface area contributed by atoms with Gasteiger partial charge in [-0.2, -0.15) is 5.10 Å². The normalized spacial score (nSPS) is 18.9. The van der Waals surface area contributed by atoms with E-state index >= 15 is 0 Å². The van der Waals surface area contributed by atoms with Crippen molar-refractivity contribution in [1.29, 1.82) is 0 Å². The van der Waals surface area contributed by atoms with Crippen LogP contribution in [0.25, 0.3) is 0 Å². The minimum atomic E-state index is -0.903. The molecule has 1 aromatic heterocycles. The van der Waals surface area contributed by atoms with Crippen LogP contribution in [0.15, 0.2) is 24.3 Å². The second-order valence-electron chi connectivity index (χ2n) is 7.90. The number of carbonyl (C=O) groups is 2. The Labute approximate surface area is 161 Å². The molecule has 3 heterocycles.